The summed E-state index contributed by atoms with van der Waals surface area (Å²) in [5, 5.41) is 3.42. The van der Waals surface area contributed by atoms with E-state index in [0.29, 0.717) is 22.2 Å². The predicted octanol–water partition coefficient (Wildman–Crippen LogP) is 5.47. The van der Waals surface area contributed by atoms with Crippen LogP contribution in [0.15, 0.2) is 28.7 Å². The van der Waals surface area contributed by atoms with Crippen molar-refractivity contribution in [1.82, 2.24) is 0 Å². The lowest BCUT2D eigenvalue weighted by molar-refractivity contribution is -0.118. The summed E-state index contributed by atoms with van der Waals surface area (Å²) < 4.78 is 11.4. The Hall–Kier alpha value is -1.86. The quantitative estimate of drug-likeness (QED) is 0.577. The van der Waals surface area contributed by atoms with E-state index in [2.05, 4.69) is 42.0 Å². The van der Waals surface area contributed by atoms with Crippen molar-refractivity contribution >= 4 is 44.1 Å². The minimum atomic E-state index is -0.403. The van der Waals surface area contributed by atoms with Crippen molar-refractivity contribution < 1.29 is 19.1 Å². The van der Waals surface area contributed by atoms with Gasteiger partial charge in [-0.3, -0.25) is 4.79 Å². The smallest absolute Gasteiger partial charge is 0.341 e. The van der Waals surface area contributed by atoms with Crippen molar-refractivity contribution in [3.8, 4) is 5.75 Å². The van der Waals surface area contributed by atoms with Crippen LogP contribution in [0.1, 0.15) is 48.0 Å². The van der Waals surface area contributed by atoms with Gasteiger partial charge in [0.15, 0.2) is 6.61 Å². The van der Waals surface area contributed by atoms with Gasteiger partial charge >= 0.3 is 5.97 Å². The summed E-state index contributed by atoms with van der Waals surface area (Å²) in [4.78, 5) is 26.1. The fraction of sp³-hybridized carbons (Fsp3) is 0.455. The molecule has 1 aromatic carbocycles. The zero-order valence-corrected chi connectivity index (χ0v) is 19.5. The maximum Gasteiger partial charge on any atom is 0.341 e. The number of anilines is 1. The van der Waals surface area contributed by atoms with E-state index in [1.807, 2.05) is 12.1 Å². The van der Waals surface area contributed by atoms with Crippen molar-refractivity contribution in [2.75, 3.05) is 19.0 Å². The molecule has 156 valence electrons. The summed E-state index contributed by atoms with van der Waals surface area (Å²) in [5.74, 6) is 0.435. The van der Waals surface area contributed by atoms with Crippen LogP contribution in [-0.2, 0) is 22.4 Å². The molecule has 1 unspecified atom stereocenters. The lowest BCUT2D eigenvalue weighted by atomic mass is 9.72. The molecule has 0 fully saturated rings. The number of amides is 1. The van der Waals surface area contributed by atoms with Gasteiger partial charge in [0.25, 0.3) is 5.91 Å². The highest BCUT2D eigenvalue weighted by Gasteiger charge is 2.34. The van der Waals surface area contributed by atoms with E-state index < -0.39 is 5.97 Å². The van der Waals surface area contributed by atoms with Gasteiger partial charge in [0.2, 0.25) is 0 Å². The number of rotatable bonds is 5. The molecule has 2 aromatic rings. The number of carbonyl (C=O) groups excluding carboxylic acids is 2. The van der Waals surface area contributed by atoms with Crippen molar-refractivity contribution in [3.05, 3.63) is 44.7 Å². The molecule has 0 bridgehead atoms. The van der Waals surface area contributed by atoms with E-state index >= 15 is 0 Å². The molecular weight excluding hydrogens is 454 g/mol. The van der Waals surface area contributed by atoms with E-state index in [-0.39, 0.29) is 17.9 Å². The van der Waals surface area contributed by atoms with E-state index in [1.165, 1.54) is 23.3 Å². The van der Waals surface area contributed by atoms with Crippen LogP contribution in [0.5, 0.6) is 5.75 Å². The predicted molar refractivity (Wildman–Crippen MR) is 119 cm³/mol. The first kappa shape index (κ1) is 21.8. The number of methoxy groups -OCH3 is 1. The second-order valence-electron chi connectivity index (χ2n) is 8.30. The summed E-state index contributed by atoms with van der Waals surface area (Å²) >= 11 is 4.86. The molecular formula is C22H26BrNO4S. The minimum absolute atomic E-state index is 0.135. The Labute approximate surface area is 183 Å². The molecule has 5 nitrogen and oxygen atoms in total. The van der Waals surface area contributed by atoms with Crippen molar-refractivity contribution in [1.29, 1.82) is 0 Å². The number of fused-ring (bicyclic) bond motifs is 1. The SMILES string of the molecule is COC(=O)c1c(NC(=O)COc2cccc(Br)c2)sc2c1CCC(C(C)(C)C)C2. The highest BCUT2D eigenvalue weighted by molar-refractivity contribution is 9.10. The Morgan fingerprint density at radius 2 is 2.07 bits per heavy atom. The molecule has 1 amide bonds. The number of ether oxygens (including phenoxy) is 2. The van der Waals surface area contributed by atoms with Gasteiger partial charge in [0.1, 0.15) is 10.8 Å². The second kappa shape index (κ2) is 8.88. The molecule has 0 aliphatic heterocycles. The van der Waals surface area contributed by atoms with Crippen molar-refractivity contribution in [2.24, 2.45) is 11.3 Å². The van der Waals surface area contributed by atoms with Gasteiger partial charge in [-0.1, -0.05) is 42.8 Å². The van der Waals surface area contributed by atoms with Crippen LogP contribution < -0.4 is 10.1 Å². The van der Waals surface area contributed by atoms with Crippen LogP contribution in [0.2, 0.25) is 0 Å². The molecule has 0 saturated carbocycles. The molecule has 0 spiro atoms. The average molecular weight is 480 g/mol. The molecule has 7 heteroatoms. The Kier molecular flexibility index (Phi) is 6.69. The summed E-state index contributed by atoms with van der Waals surface area (Å²) in [6.07, 6.45) is 2.76. The third-order valence-electron chi connectivity index (χ3n) is 5.30. The van der Waals surface area contributed by atoms with Crippen LogP contribution in [-0.4, -0.2) is 25.6 Å². The van der Waals surface area contributed by atoms with Crippen LogP contribution in [0, 0.1) is 11.3 Å². The maximum absolute atomic E-state index is 12.5. The number of nitrogens with one attached hydrogen (secondary N) is 1. The van der Waals surface area contributed by atoms with Gasteiger partial charge in [-0.15, -0.1) is 11.3 Å². The second-order valence-corrected chi connectivity index (χ2v) is 10.3. The number of halogens is 1. The molecule has 29 heavy (non-hydrogen) atoms. The number of carbonyl (C=O) groups is 2. The summed E-state index contributed by atoms with van der Waals surface area (Å²) in [5.41, 5.74) is 1.72. The zero-order chi connectivity index (χ0) is 21.2. The molecule has 0 saturated heterocycles. The van der Waals surface area contributed by atoms with Gasteiger partial charge in [-0.25, -0.2) is 4.79 Å². The Balaban J connectivity index is 1.77. The molecule has 3 rings (SSSR count). The topological polar surface area (TPSA) is 64.6 Å². The summed E-state index contributed by atoms with van der Waals surface area (Å²) in [6, 6.07) is 7.31. The first-order valence-electron chi connectivity index (χ1n) is 9.60. The Morgan fingerprint density at radius 1 is 1.31 bits per heavy atom. The molecule has 1 heterocycles. The lowest BCUT2D eigenvalue weighted by Gasteiger charge is -2.33. The zero-order valence-electron chi connectivity index (χ0n) is 17.1. The number of hydrogen-bond acceptors (Lipinski definition) is 5. The molecule has 1 aromatic heterocycles. The fourth-order valence-electron chi connectivity index (χ4n) is 3.60. The highest BCUT2D eigenvalue weighted by Crippen LogP contribution is 2.44. The molecule has 1 aliphatic rings. The van der Waals surface area contributed by atoms with Crippen molar-refractivity contribution in [3.63, 3.8) is 0 Å². The van der Waals surface area contributed by atoms with Crippen LogP contribution in [0.3, 0.4) is 0 Å². The van der Waals surface area contributed by atoms with Crippen LogP contribution in [0.4, 0.5) is 5.00 Å². The molecule has 1 atom stereocenters. The van der Waals surface area contributed by atoms with Crippen molar-refractivity contribution in [2.45, 2.75) is 40.0 Å². The number of esters is 1. The average Bonchev–Trinajstić information content (AvgIpc) is 3.02. The maximum atomic E-state index is 12.5. The highest BCUT2D eigenvalue weighted by atomic mass is 79.9. The van der Waals surface area contributed by atoms with E-state index in [1.54, 1.807) is 12.1 Å². The first-order chi connectivity index (χ1) is 13.7. The monoisotopic (exact) mass is 479 g/mol. The molecule has 1 aliphatic carbocycles. The van der Waals surface area contributed by atoms with Crippen LogP contribution >= 0.6 is 27.3 Å². The normalized spacial score (nSPS) is 16.1. The summed E-state index contributed by atoms with van der Waals surface area (Å²) in [6.45, 7) is 6.61. The fourth-order valence-corrected chi connectivity index (χ4v) is 5.31. The third-order valence-corrected chi connectivity index (χ3v) is 6.96. The van der Waals surface area contributed by atoms with Gasteiger partial charge < -0.3 is 14.8 Å². The minimum Gasteiger partial charge on any atom is -0.484 e. The molecule has 0 radical (unpaired) electrons. The van der Waals surface area contributed by atoms with Gasteiger partial charge in [-0.05, 0) is 54.4 Å². The lowest BCUT2D eigenvalue weighted by Crippen LogP contribution is -2.26. The largest absolute Gasteiger partial charge is 0.484 e. The number of benzene rings is 1. The van der Waals surface area contributed by atoms with Gasteiger partial charge in [0.05, 0.1) is 12.7 Å². The number of thiophene rings is 1. The third kappa shape index (κ3) is 5.20. The Bertz CT molecular complexity index is 916. The summed E-state index contributed by atoms with van der Waals surface area (Å²) in [7, 11) is 1.37. The Morgan fingerprint density at radius 3 is 2.72 bits per heavy atom. The number of hydrogen-bond donors (Lipinski definition) is 1. The van der Waals surface area contributed by atoms with E-state index in [4.69, 9.17) is 9.47 Å². The molecule has 1 N–H and O–H groups in total. The van der Waals surface area contributed by atoms with Gasteiger partial charge in [0, 0.05) is 9.35 Å². The standard InChI is InChI=1S/C22H26BrNO4S/c1-22(2,3)13-8-9-16-17(10-13)29-20(19(16)21(26)27-4)24-18(25)12-28-15-7-5-6-14(23)11-15/h5-7,11,13H,8-10,12H2,1-4H3,(H,24,25). The first-order valence-corrected chi connectivity index (χ1v) is 11.2. The van der Waals surface area contributed by atoms with Gasteiger partial charge in [-0.2, -0.15) is 0 Å². The van der Waals surface area contributed by atoms with E-state index in [0.717, 1.165) is 29.3 Å². The van der Waals surface area contributed by atoms with Crippen LogP contribution in [0.25, 0.3) is 0 Å². The van der Waals surface area contributed by atoms with E-state index in [9.17, 15) is 9.59 Å².